The van der Waals surface area contributed by atoms with Crippen LogP contribution < -0.4 is 10.2 Å². The zero-order valence-corrected chi connectivity index (χ0v) is 18.9. The lowest BCUT2D eigenvalue weighted by molar-refractivity contribution is 0.0657. The van der Waals surface area contributed by atoms with Crippen LogP contribution in [0.15, 0.2) is 58.1 Å². The van der Waals surface area contributed by atoms with Crippen LogP contribution in [0.2, 0.25) is 0 Å². The first-order valence-electron chi connectivity index (χ1n) is 11.0. The maximum atomic E-state index is 12.5. The summed E-state index contributed by atoms with van der Waals surface area (Å²) in [6.07, 6.45) is 1.53. The average molecular weight is 435 g/mol. The third kappa shape index (κ3) is 4.69. The van der Waals surface area contributed by atoms with Crippen molar-refractivity contribution in [3.63, 3.8) is 0 Å². The molecule has 1 fully saturated rings. The number of amides is 1. The molecular weight excluding hydrogens is 404 g/mol. The summed E-state index contributed by atoms with van der Waals surface area (Å²) in [5.74, 6) is 2.12. The highest BCUT2D eigenvalue weighted by atomic mass is 16.3. The molecule has 1 saturated heterocycles. The minimum absolute atomic E-state index is 0.0592. The quantitative estimate of drug-likeness (QED) is 0.492. The van der Waals surface area contributed by atoms with Crippen molar-refractivity contribution >= 4 is 28.6 Å². The number of guanidine groups is 1. The van der Waals surface area contributed by atoms with Crippen molar-refractivity contribution in [2.45, 2.75) is 13.5 Å². The molecule has 3 heterocycles. The Morgan fingerprint density at radius 1 is 1.12 bits per heavy atom. The van der Waals surface area contributed by atoms with Crippen LogP contribution in [0.5, 0.6) is 0 Å². The lowest BCUT2D eigenvalue weighted by atomic mass is 10.1. The van der Waals surface area contributed by atoms with E-state index in [0.29, 0.717) is 25.4 Å². The summed E-state index contributed by atoms with van der Waals surface area (Å²) < 4.78 is 5.26. The fourth-order valence-electron chi connectivity index (χ4n) is 3.86. The van der Waals surface area contributed by atoms with E-state index in [1.807, 2.05) is 42.1 Å². The molecule has 0 bridgehead atoms. The summed E-state index contributed by atoms with van der Waals surface area (Å²) in [5.41, 5.74) is 2.11. The Balaban J connectivity index is 1.50. The minimum atomic E-state index is -0.0592. The number of hydrogen-bond donors (Lipinski definition) is 1. The smallest absolute Gasteiger partial charge is 0.289 e. The second kappa shape index (κ2) is 9.72. The number of carbonyl (C=O) groups excluding carboxylic acids is 1. The van der Waals surface area contributed by atoms with Gasteiger partial charge in [-0.25, -0.2) is 9.98 Å². The maximum absolute atomic E-state index is 12.5. The van der Waals surface area contributed by atoms with Gasteiger partial charge in [0.1, 0.15) is 5.82 Å². The monoisotopic (exact) mass is 434 g/mol. The van der Waals surface area contributed by atoms with E-state index in [0.717, 1.165) is 47.9 Å². The molecular formula is C24H30N6O2. The molecule has 0 aliphatic carbocycles. The molecule has 4 rings (SSSR count). The number of pyridine rings is 1. The zero-order chi connectivity index (χ0) is 22.5. The lowest BCUT2D eigenvalue weighted by Crippen LogP contribution is -2.53. The van der Waals surface area contributed by atoms with E-state index in [-0.39, 0.29) is 5.91 Å². The van der Waals surface area contributed by atoms with Crippen LogP contribution >= 0.6 is 0 Å². The van der Waals surface area contributed by atoms with Gasteiger partial charge in [0.25, 0.3) is 5.91 Å². The second-order valence-electron chi connectivity index (χ2n) is 7.98. The van der Waals surface area contributed by atoms with Gasteiger partial charge in [-0.1, -0.05) is 18.2 Å². The number of piperazine rings is 1. The summed E-state index contributed by atoms with van der Waals surface area (Å²) in [4.78, 5) is 28.3. The van der Waals surface area contributed by atoms with Crippen molar-refractivity contribution in [3.8, 4) is 0 Å². The predicted octanol–water partition coefficient (Wildman–Crippen LogP) is 2.82. The zero-order valence-electron chi connectivity index (χ0n) is 18.9. The molecule has 8 heteroatoms. The summed E-state index contributed by atoms with van der Waals surface area (Å²) >= 11 is 0. The van der Waals surface area contributed by atoms with Crippen LogP contribution in [-0.2, 0) is 6.54 Å². The average Bonchev–Trinajstić information content (AvgIpc) is 3.36. The number of rotatable bonds is 5. The number of fused-ring (bicyclic) bond motifs is 1. The highest BCUT2D eigenvalue weighted by Crippen LogP contribution is 2.23. The number of furan rings is 1. The first kappa shape index (κ1) is 21.7. The molecule has 1 amide bonds. The third-order valence-electron chi connectivity index (χ3n) is 5.58. The molecule has 8 nitrogen and oxygen atoms in total. The van der Waals surface area contributed by atoms with E-state index in [2.05, 4.69) is 29.3 Å². The summed E-state index contributed by atoms with van der Waals surface area (Å²) in [5, 5.41) is 4.52. The number of carbonyl (C=O) groups is 1. The van der Waals surface area contributed by atoms with Gasteiger partial charge in [0.2, 0.25) is 0 Å². The van der Waals surface area contributed by atoms with Crippen LogP contribution in [0.1, 0.15) is 23.0 Å². The molecule has 0 saturated carbocycles. The van der Waals surface area contributed by atoms with Crippen LogP contribution in [-0.4, -0.2) is 73.5 Å². The molecule has 0 radical (unpaired) electrons. The van der Waals surface area contributed by atoms with E-state index in [1.54, 1.807) is 12.1 Å². The summed E-state index contributed by atoms with van der Waals surface area (Å²) in [6.45, 7) is 6.11. The Morgan fingerprint density at radius 3 is 2.56 bits per heavy atom. The SMILES string of the molecule is CCNC(=NCc1cc(N(C)C)nc2ccccc12)N1CCN(C(=O)c2ccco2)CC1. The standard InChI is InChI=1S/C24H30N6O2/c1-4-25-24(30-13-11-29(12-14-30)23(31)21-10-7-15-32-21)26-17-18-16-22(28(2)3)27-20-9-6-5-8-19(18)20/h5-10,15-16H,4,11-14,17H2,1-3H3,(H,25,26). The van der Waals surface area contributed by atoms with Gasteiger partial charge in [0, 0.05) is 52.2 Å². The van der Waals surface area contributed by atoms with E-state index in [4.69, 9.17) is 14.4 Å². The number of anilines is 1. The second-order valence-corrected chi connectivity index (χ2v) is 7.98. The number of benzene rings is 1. The van der Waals surface area contributed by atoms with Crippen molar-refractivity contribution in [2.24, 2.45) is 4.99 Å². The molecule has 1 N–H and O–H groups in total. The molecule has 1 aliphatic rings. The number of aliphatic imine (C=N–C) groups is 1. The van der Waals surface area contributed by atoms with Crippen LogP contribution in [0, 0.1) is 0 Å². The molecule has 0 unspecified atom stereocenters. The highest BCUT2D eigenvalue weighted by Gasteiger charge is 2.25. The normalized spacial score (nSPS) is 14.7. The van der Waals surface area contributed by atoms with E-state index in [9.17, 15) is 4.79 Å². The largest absolute Gasteiger partial charge is 0.459 e. The predicted molar refractivity (Wildman–Crippen MR) is 127 cm³/mol. The van der Waals surface area contributed by atoms with Gasteiger partial charge >= 0.3 is 0 Å². The van der Waals surface area contributed by atoms with Gasteiger partial charge in [-0.3, -0.25) is 4.79 Å². The first-order chi connectivity index (χ1) is 15.6. The minimum Gasteiger partial charge on any atom is -0.459 e. The Hall–Kier alpha value is -3.55. The van der Waals surface area contributed by atoms with Crippen molar-refractivity contribution in [3.05, 3.63) is 60.1 Å². The maximum Gasteiger partial charge on any atom is 0.289 e. The van der Waals surface area contributed by atoms with Crippen molar-refractivity contribution < 1.29 is 9.21 Å². The third-order valence-corrected chi connectivity index (χ3v) is 5.58. The van der Waals surface area contributed by atoms with E-state index < -0.39 is 0 Å². The van der Waals surface area contributed by atoms with Crippen LogP contribution in [0.3, 0.4) is 0 Å². The molecule has 1 aromatic carbocycles. The van der Waals surface area contributed by atoms with E-state index >= 15 is 0 Å². The molecule has 168 valence electrons. The number of nitrogens with zero attached hydrogens (tertiary/aromatic N) is 5. The van der Waals surface area contributed by atoms with E-state index in [1.165, 1.54) is 6.26 Å². The fraction of sp³-hybridized carbons (Fsp3) is 0.375. The summed E-state index contributed by atoms with van der Waals surface area (Å²) in [6, 6.07) is 13.7. The van der Waals surface area contributed by atoms with Crippen molar-refractivity contribution in [2.75, 3.05) is 51.7 Å². The van der Waals surface area contributed by atoms with Gasteiger partial charge in [0.15, 0.2) is 11.7 Å². The van der Waals surface area contributed by atoms with Crippen LogP contribution in [0.25, 0.3) is 10.9 Å². The number of aromatic nitrogens is 1. The Kier molecular flexibility index (Phi) is 6.58. The Morgan fingerprint density at radius 2 is 1.88 bits per heavy atom. The molecule has 32 heavy (non-hydrogen) atoms. The van der Waals surface area contributed by atoms with Gasteiger partial charge in [-0.2, -0.15) is 0 Å². The fourth-order valence-corrected chi connectivity index (χ4v) is 3.86. The molecule has 1 aliphatic heterocycles. The number of nitrogens with one attached hydrogen (secondary N) is 1. The van der Waals surface area contributed by atoms with Gasteiger partial charge in [-0.05, 0) is 36.8 Å². The van der Waals surface area contributed by atoms with Gasteiger partial charge < -0.3 is 24.4 Å². The molecule has 3 aromatic rings. The topological polar surface area (TPSA) is 77.2 Å². The van der Waals surface area contributed by atoms with Gasteiger partial charge in [-0.15, -0.1) is 0 Å². The Labute approximate surface area is 188 Å². The number of para-hydroxylation sites is 1. The summed E-state index contributed by atoms with van der Waals surface area (Å²) in [7, 11) is 4.00. The number of hydrogen-bond acceptors (Lipinski definition) is 5. The van der Waals surface area contributed by atoms with Gasteiger partial charge in [0.05, 0.1) is 18.3 Å². The highest BCUT2D eigenvalue weighted by molar-refractivity contribution is 5.91. The van der Waals surface area contributed by atoms with Crippen molar-refractivity contribution in [1.82, 2.24) is 20.1 Å². The molecule has 0 atom stereocenters. The Bertz CT molecular complexity index is 1090. The van der Waals surface area contributed by atoms with Crippen molar-refractivity contribution in [1.29, 1.82) is 0 Å². The molecule has 0 spiro atoms. The first-order valence-corrected chi connectivity index (χ1v) is 11.0. The lowest BCUT2D eigenvalue weighted by Gasteiger charge is -2.36. The molecule has 2 aromatic heterocycles. The van der Waals surface area contributed by atoms with Crippen LogP contribution in [0.4, 0.5) is 5.82 Å².